The molecule has 3 aromatic rings. The van der Waals surface area contributed by atoms with Gasteiger partial charge in [-0.05, 0) is 24.3 Å². The number of benzene rings is 1. The maximum atomic E-state index is 12.4. The summed E-state index contributed by atoms with van der Waals surface area (Å²) in [7, 11) is 3.66. The van der Waals surface area contributed by atoms with E-state index in [-0.39, 0.29) is 5.91 Å². The van der Waals surface area contributed by atoms with Crippen molar-refractivity contribution in [1.29, 1.82) is 0 Å². The quantitative estimate of drug-likeness (QED) is 0.759. The summed E-state index contributed by atoms with van der Waals surface area (Å²) in [5.74, 6) is -0.248. The minimum atomic E-state index is -0.248. The molecule has 1 amide bonds. The van der Waals surface area contributed by atoms with E-state index in [4.69, 9.17) is 23.2 Å². The summed E-state index contributed by atoms with van der Waals surface area (Å²) in [5, 5.41) is 4.60. The summed E-state index contributed by atoms with van der Waals surface area (Å²) in [6.45, 7) is 0. The van der Waals surface area contributed by atoms with E-state index in [0.717, 1.165) is 16.6 Å². The van der Waals surface area contributed by atoms with Crippen molar-refractivity contribution in [3.63, 3.8) is 0 Å². The third-order valence-electron chi connectivity index (χ3n) is 3.53. The van der Waals surface area contributed by atoms with Crippen molar-refractivity contribution >= 4 is 45.7 Å². The fourth-order valence-electron chi connectivity index (χ4n) is 2.36. The summed E-state index contributed by atoms with van der Waals surface area (Å²) >= 11 is 11.9. The van der Waals surface area contributed by atoms with Crippen molar-refractivity contribution < 1.29 is 4.79 Å². The van der Waals surface area contributed by atoms with Crippen LogP contribution in [0.2, 0.25) is 10.2 Å². The van der Waals surface area contributed by atoms with Crippen molar-refractivity contribution in [2.24, 2.45) is 14.1 Å². The molecule has 0 saturated heterocycles. The number of aromatic nitrogens is 2. The third kappa shape index (κ3) is 2.30. The van der Waals surface area contributed by atoms with Crippen molar-refractivity contribution in [2.45, 2.75) is 0 Å². The molecule has 2 heterocycles. The van der Waals surface area contributed by atoms with Gasteiger partial charge in [-0.25, -0.2) is 0 Å². The lowest BCUT2D eigenvalue weighted by molar-refractivity contribution is 0.101. The molecule has 2 aromatic heterocycles. The molecule has 4 nitrogen and oxygen atoms in total. The largest absolute Gasteiger partial charge is 0.350 e. The van der Waals surface area contributed by atoms with Crippen LogP contribution in [0.5, 0.6) is 0 Å². The molecule has 3 rings (SSSR count). The molecular weight excluding hydrogens is 309 g/mol. The summed E-state index contributed by atoms with van der Waals surface area (Å²) < 4.78 is 3.56. The van der Waals surface area contributed by atoms with E-state index in [0.29, 0.717) is 15.9 Å². The Bertz CT molecular complexity index is 848. The summed E-state index contributed by atoms with van der Waals surface area (Å²) in [6, 6.07) is 9.30. The Hall–Kier alpha value is -1.91. The molecule has 0 aliphatic carbocycles. The average Bonchev–Trinajstić information content (AvgIpc) is 2.96. The van der Waals surface area contributed by atoms with Crippen LogP contribution in [0.25, 0.3) is 10.9 Å². The molecule has 0 aliphatic rings. The van der Waals surface area contributed by atoms with Crippen LogP contribution in [-0.2, 0) is 14.1 Å². The van der Waals surface area contributed by atoms with Crippen molar-refractivity contribution in [3.05, 3.63) is 52.4 Å². The highest BCUT2D eigenvalue weighted by atomic mass is 35.5. The van der Waals surface area contributed by atoms with Crippen LogP contribution in [0.4, 0.5) is 5.69 Å². The molecular formula is C15H13Cl2N3O. The maximum absolute atomic E-state index is 12.4. The van der Waals surface area contributed by atoms with E-state index in [2.05, 4.69) is 5.32 Å². The predicted octanol–water partition coefficient (Wildman–Crippen LogP) is 4.08. The first-order chi connectivity index (χ1) is 9.99. The Morgan fingerprint density at radius 1 is 1.19 bits per heavy atom. The van der Waals surface area contributed by atoms with Gasteiger partial charge < -0.3 is 14.5 Å². The first-order valence-electron chi connectivity index (χ1n) is 6.35. The topological polar surface area (TPSA) is 39.0 Å². The molecule has 0 radical (unpaired) electrons. The number of carbonyl (C=O) groups excluding carboxylic acids is 1. The van der Waals surface area contributed by atoms with E-state index in [1.165, 1.54) is 0 Å². The number of carbonyl (C=O) groups is 1. The molecule has 1 aromatic carbocycles. The number of hydrogen-bond donors (Lipinski definition) is 1. The molecule has 0 spiro atoms. The molecule has 0 saturated carbocycles. The number of nitrogens with one attached hydrogen (secondary N) is 1. The van der Waals surface area contributed by atoms with Crippen LogP contribution in [0, 0.1) is 0 Å². The Morgan fingerprint density at radius 3 is 2.62 bits per heavy atom. The lowest BCUT2D eigenvalue weighted by Crippen LogP contribution is -2.15. The van der Waals surface area contributed by atoms with Gasteiger partial charge >= 0.3 is 0 Å². The standard InChI is InChI=1S/C15H13Cl2N3O/c1-19-7-6-9-11(4-3-5-12(9)19)18-15(21)13-8-10(16)14(17)20(13)2/h3-8H,1-2H3,(H,18,21). The SMILES string of the molecule is Cn1c(C(=O)Nc2cccc3c2ccn3C)cc(Cl)c1Cl. The van der Waals surface area contributed by atoms with E-state index < -0.39 is 0 Å². The lowest BCUT2D eigenvalue weighted by atomic mass is 10.2. The average molecular weight is 322 g/mol. The number of halogens is 2. The highest BCUT2D eigenvalue weighted by molar-refractivity contribution is 6.42. The molecule has 108 valence electrons. The van der Waals surface area contributed by atoms with Crippen molar-refractivity contribution in [2.75, 3.05) is 5.32 Å². The summed E-state index contributed by atoms with van der Waals surface area (Å²) in [5.41, 5.74) is 2.22. The van der Waals surface area contributed by atoms with Crippen LogP contribution in [0.3, 0.4) is 0 Å². The smallest absolute Gasteiger partial charge is 0.272 e. The highest BCUT2D eigenvalue weighted by Crippen LogP contribution is 2.27. The Kier molecular flexibility index (Phi) is 3.43. The van der Waals surface area contributed by atoms with Crippen molar-refractivity contribution in [3.8, 4) is 0 Å². The molecule has 0 atom stereocenters. The molecule has 21 heavy (non-hydrogen) atoms. The van der Waals surface area contributed by atoms with Gasteiger partial charge in [0.25, 0.3) is 5.91 Å². The molecule has 1 N–H and O–H groups in total. The van der Waals surface area contributed by atoms with Gasteiger partial charge in [-0.3, -0.25) is 4.79 Å². The molecule has 0 fully saturated rings. The molecule has 0 aliphatic heterocycles. The first kappa shape index (κ1) is 14.0. The number of anilines is 1. The number of amides is 1. The van der Waals surface area contributed by atoms with Crippen LogP contribution >= 0.6 is 23.2 Å². The maximum Gasteiger partial charge on any atom is 0.272 e. The van der Waals surface area contributed by atoms with Gasteiger partial charge in [0.05, 0.1) is 10.7 Å². The number of hydrogen-bond acceptors (Lipinski definition) is 1. The fourth-order valence-corrected chi connectivity index (χ4v) is 2.73. The third-order valence-corrected chi connectivity index (χ3v) is 4.37. The molecule has 0 bridgehead atoms. The second-order valence-corrected chi connectivity index (χ2v) is 5.61. The molecule has 6 heteroatoms. The zero-order valence-corrected chi connectivity index (χ0v) is 13.0. The van der Waals surface area contributed by atoms with Gasteiger partial charge in [0.1, 0.15) is 10.8 Å². The minimum Gasteiger partial charge on any atom is -0.350 e. The van der Waals surface area contributed by atoms with Crippen molar-refractivity contribution in [1.82, 2.24) is 9.13 Å². The van der Waals surface area contributed by atoms with Gasteiger partial charge in [0.15, 0.2) is 0 Å². The summed E-state index contributed by atoms with van der Waals surface area (Å²) in [6.07, 6.45) is 1.95. The van der Waals surface area contributed by atoms with Gasteiger partial charge in [-0.15, -0.1) is 0 Å². The van der Waals surface area contributed by atoms with Gasteiger partial charge in [-0.2, -0.15) is 0 Å². The second-order valence-electron chi connectivity index (χ2n) is 4.85. The molecule has 0 unspecified atom stereocenters. The van der Waals surface area contributed by atoms with Crippen LogP contribution < -0.4 is 5.32 Å². The van der Waals surface area contributed by atoms with Crippen LogP contribution in [0.15, 0.2) is 36.5 Å². The zero-order valence-electron chi connectivity index (χ0n) is 11.5. The number of rotatable bonds is 2. The van der Waals surface area contributed by atoms with E-state index in [1.807, 2.05) is 42.1 Å². The number of aryl methyl sites for hydroxylation is 1. The fraction of sp³-hybridized carbons (Fsp3) is 0.133. The Balaban J connectivity index is 1.98. The van der Waals surface area contributed by atoms with Gasteiger partial charge in [-0.1, -0.05) is 29.3 Å². The van der Waals surface area contributed by atoms with Crippen LogP contribution in [-0.4, -0.2) is 15.0 Å². The zero-order chi connectivity index (χ0) is 15.1. The predicted molar refractivity (Wildman–Crippen MR) is 86.3 cm³/mol. The number of nitrogens with zero attached hydrogens (tertiary/aromatic N) is 2. The van der Waals surface area contributed by atoms with Gasteiger partial charge in [0, 0.05) is 31.2 Å². The minimum absolute atomic E-state index is 0.248. The number of fused-ring (bicyclic) bond motifs is 1. The van der Waals surface area contributed by atoms with E-state index in [9.17, 15) is 4.79 Å². The van der Waals surface area contributed by atoms with Gasteiger partial charge in [0.2, 0.25) is 0 Å². The first-order valence-corrected chi connectivity index (χ1v) is 7.10. The summed E-state index contributed by atoms with van der Waals surface area (Å²) in [4.78, 5) is 12.4. The monoisotopic (exact) mass is 321 g/mol. The van der Waals surface area contributed by atoms with Crippen LogP contribution in [0.1, 0.15) is 10.5 Å². The van der Waals surface area contributed by atoms with E-state index >= 15 is 0 Å². The Morgan fingerprint density at radius 2 is 1.95 bits per heavy atom. The highest BCUT2D eigenvalue weighted by Gasteiger charge is 2.16. The second kappa shape index (κ2) is 5.13. The Labute approximate surface area is 131 Å². The normalized spacial score (nSPS) is 11.0. The van der Waals surface area contributed by atoms with E-state index in [1.54, 1.807) is 17.7 Å². The lowest BCUT2D eigenvalue weighted by Gasteiger charge is -2.08.